The molecular formula is C28H35N3O3S. The van der Waals surface area contributed by atoms with Gasteiger partial charge in [-0.25, -0.2) is 0 Å². The standard InChI is InChI=1S/C28H35N3O3S/c1-4-31(22-8-6-5-7-9-22)17-16-29-27(32)21-12-15-25-24(19-21)30(2)28(33)26(35-25)18-20-10-13-23(34-3)14-11-20/h5-11,13-14,18,21,24-25H,4,12,15-17,19H2,1-3H3,(H,29,32)/b26-18-. The lowest BCUT2D eigenvalue weighted by atomic mass is 9.83. The molecule has 2 aromatic rings. The zero-order valence-corrected chi connectivity index (χ0v) is 21.6. The molecule has 4 rings (SSSR count). The van der Waals surface area contributed by atoms with Crippen LogP contribution < -0.4 is 15.0 Å². The molecule has 7 heteroatoms. The van der Waals surface area contributed by atoms with Crippen LogP contribution in [0.5, 0.6) is 5.75 Å². The van der Waals surface area contributed by atoms with Crippen LogP contribution in [0.1, 0.15) is 31.7 Å². The molecular weight excluding hydrogens is 458 g/mol. The maximum atomic E-state index is 13.1. The predicted octanol–water partition coefficient (Wildman–Crippen LogP) is 4.42. The number of anilines is 1. The number of amides is 2. The van der Waals surface area contributed by atoms with E-state index in [1.165, 1.54) is 5.69 Å². The number of benzene rings is 2. The highest BCUT2D eigenvalue weighted by molar-refractivity contribution is 8.04. The molecule has 35 heavy (non-hydrogen) atoms. The summed E-state index contributed by atoms with van der Waals surface area (Å²) in [4.78, 5) is 30.9. The normalized spacial score (nSPS) is 23.1. The minimum atomic E-state index is -0.0500. The van der Waals surface area contributed by atoms with Crippen molar-refractivity contribution in [2.75, 3.05) is 38.7 Å². The van der Waals surface area contributed by atoms with Crippen molar-refractivity contribution in [3.8, 4) is 5.75 Å². The van der Waals surface area contributed by atoms with Crippen LogP contribution in [-0.2, 0) is 9.59 Å². The minimum absolute atomic E-state index is 0.0366. The van der Waals surface area contributed by atoms with Gasteiger partial charge >= 0.3 is 0 Å². The van der Waals surface area contributed by atoms with E-state index in [0.717, 1.165) is 48.6 Å². The second-order valence-corrected chi connectivity index (χ2v) is 10.4. The topological polar surface area (TPSA) is 61.9 Å². The largest absolute Gasteiger partial charge is 0.497 e. The summed E-state index contributed by atoms with van der Waals surface area (Å²) in [6, 6.07) is 18.1. The zero-order valence-electron chi connectivity index (χ0n) is 20.8. The Balaban J connectivity index is 1.32. The van der Waals surface area contributed by atoms with E-state index in [4.69, 9.17) is 4.74 Å². The third-order valence-corrected chi connectivity index (χ3v) is 8.43. The molecule has 1 saturated carbocycles. The van der Waals surface area contributed by atoms with Gasteiger partial charge in [0.1, 0.15) is 5.75 Å². The molecule has 1 aliphatic heterocycles. The van der Waals surface area contributed by atoms with Crippen molar-refractivity contribution in [1.29, 1.82) is 0 Å². The number of fused-ring (bicyclic) bond motifs is 1. The third kappa shape index (κ3) is 6.01. The van der Waals surface area contributed by atoms with Crippen LogP contribution in [0, 0.1) is 5.92 Å². The Kier molecular flexibility index (Phi) is 8.39. The molecule has 0 bridgehead atoms. The number of hydrogen-bond donors (Lipinski definition) is 1. The van der Waals surface area contributed by atoms with Gasteiger partial charge in [-0.3, -0.25) is 9.59 Å². The first-order valence-electron chi connectivity index (χ1n) is 12.4. The van der Waals surface area contributed by atoms with E-state index in [1.54, 1.807) is 18.9 Å². The number of rotatable bonds is 8. The van der Waals surface area contributed by atoms with E-state index >= 15 is 0 Å². The molecule has 186 valence electrons. The van der Waals surface area contributed by atoms with Gasteiger partial charge in [0.15, 0.2) is 0 Å². The number of carbonyl (C=O) groups is 2. The summed E-state index contributed by atoms with van der Waals surface area (Å²) in [5, 5.41) is 3.47. The summed E-state index contributed by atoms with van der Waals surface area (Å²) < 4.78 is 5.22. The van der Waals surface area contributed by atoms with Crippen molar-refractivity contribution in [3.05, 3.63) is 65.1 Å². The van der Waals surface area contributed by atoms with Crippen LogP contribution in [0.3, 0.4) is 0 Å². The fourth-order valence-electron chi connectivity index (χ4n) is 4.95. The van der Waals surface area contributed by atoms with Crippen molar-refractivity contribution in [2.45, 2.75) is 37.5 Å². The maximum Gasteiger partial charge on any atom is 0.260 e. The second-order valence-electron chi connectivity index (χ2n) is 9.14. The number of methoxy groups -OCH3 is 1. The highest BCUT2D eigenvalue weighted by Gasteiger charge is 2.42. The maximum absolute atomic E-state index is 13.1. The highest BCUT2D eigenvalue weighted by atomic mass is 32.2. The smallest absolute Gasteiger partial charge is 0.260 e. The van der Waals surface area contributed by atoms with Crippen LogP contribution >= 0.6 is 11.8 Å². The average molecular weight is 494 g/mol. The van der Waals surface area contributed by atoms with Crippen molar-refractivity contribution >= 4 is 35.3 Å². The summed E-state index contributed by atoms with van der Waals surface area (Å²) in [5.41, 5.74) is 2.15. The summed E-state index contributed by atoms with van der Waals surface area (Å²) in [7, 11) is 3.52. The van der Waals surface area contributed by atoms with E-state index in [0.29, 0.717) is 11.8 Å². The average Bonchev–Trinajstić information content (AvgIpc) is 2.90. The first kappa shape index (κ1) is 25.2. The Morgan fingerprint density at radius 3 is 2.60 bits per heavy atom. The Labute approximate surface area is 212 Å². The summed E-state index contributed by atoms with van der Waals surface area (Å²) in [6.07, 6.45) is 4.46. The van der Waals surface area contributed by atoms with Gasteiger partial charge < -0.3 is 19.9 Å². The van der Waals surface area contributed by atoms with Gasteiger partial charge in [0.05, 0.1) is 12.0 Å². The second kappa shape index (κ2) is 11.7. The van der Waals surface area contributed by atoms with Crippen LogP contribution in [0.2, 0.25) is 0 Å². The Morgan fingerprint density at radius 2 is 1.91 bits per heavy atom. The Morgan fingerprint density at radius 1 is 1.17 bits per heavy atom. The fraction of sp³-hybridized carbons (Fsp3) is 0.429. The van der Waals surface area contributed by atoms with Crippen LogP contribution in [-0.4, -0.2) is 61.8 Å². The lowest BCUT2D eigenvalue weighted by Crippen LogP contribution is -2.52. The molecule has 0 aromatic heterocycles. The van der Waals surface area contributed by atoms with Crippen LogP contribution in [0.15, 0.2) is 59.5 Å². The number of ether oxygens (including phenoxy) is 1. The minimum Gasteiger partial charge on any atom is -0.497 e. The SMILES string of the molecule is CCN(CCNC(=O)C1CCC2S/C(=C\c3ccc(OC)cc3)C(=O)N(C)C2C1)c1ccccc1. The molecule has 1 heterocycles. The van der Waals surface area contributed by atoms with Gasteiger partial charge in [-0.05, 0) is 62.1 Å². The van der Waals surface area contributed by atoms with Gasteiger partial charge in [0, 0.05) is 49.6 Å². The predicted molar refractivity (Wildman–Crippen MR) is 144 cm³/mol. The van der Waals surface area contributed by atoms with Gasteiger partial charge in [0.2, 0.25) is 5.91 Å². The summed E-state index contributed by atoms with van der Waals surface area (Å²) in [6.45, 7) is 4.41. The molecule has 2 fully saturated rings. The van der Waals surface area contributed by atoms with Gasteiger partial charge in [-0.1, -0.05) is 30.3 Å². The lowest BCUT2D eigenvalue weighted by molar-refractivity contribution is -0.131. The molecule has 2 aromatic carbocycles. The Bertz CT molecular complexity index is 1040. The summed E-state index contributed by atoms with van der Waals surface area (Å²) in [5.74, 6) is 0.893. The molecule has 1 N–H and O–H groups in total. The molecule has 0 radical (unpaired) electrons. The number of hydrogen-bond acceptors (Lipinski definition) is 5. The number of thioether (sulfide) groups is 1. The highest BCUT2D eigenvalue weighted by Crippen LogP contribution is 2.43. The fourth-order valence-corrected chi connectivity index (χ4v) is 6.43. The molecule has 1 saturated heterocycles. The Hall–Kier alpha value is -2.93. The molecule has 2 aliphatic rings. The molecule has 6 nitrogen and oxygen atoms in total. The zero-order chi connectivity index (χ0) is 24.8. The molecule has 1 aliphatic carbocycles. The number of nitrogens with one attached hydrogen (secondary N) is 1. The number of carbonyl (C=O) groups excluding carboxylic acids is 2. The first-order chi connectivity index (χ1) is 17.0. The van der Waals surface area contributed by atoms with Crippen molar-refractivity contribution in [3.63, 3.8) is 0 Å². The van der Waals surface area contributed by atoms with Crippen LogP contribution in [0.25, 0.3) is 6.08 Å². The quantitative estimate of drug-likeness (QED) is 0.552. The van der Waals surface area contributed by atoms with Crippen molar-refractivity contribution in [1.82, 2.24) is 10.2 Å². The molecule has 2 amide bonds. The van der Waals surface area contributed by atoms with Crippen molar-refractivity contribution < 1.29 is 14.3 Å². The van der Waals surface area contributed by atoms with Gasteiger partial charge in [0.25, 0.3) is 5.91 Å². The molecule has 3 unspecified atom stereocenters. The van der Waals surface area contributed by atoms with E-state index in [9.17, 15) is 9.59 Å². The van der Waals surface area contributed by atoms with E-state index in [1.807, 2.05) is 60.5 Å². The first-order valence-corrected chi connectivity index (χ1v) is 13.3. The molecule has 3 atom stereocenters. The van der Waals surface area contributed by atoms with Crippen LogP contribution in [0.4, 0.5) is 5.69 Å². The van der Waals surface area contributed by atoms with E-state index in [-0.39, 0.29) is 23.8 Å². The molecule has 0 spiro atoms. The number of likely N-dealkylation sites (N-methyl/N-ethyl adjacent to an activating group) is 2. The summed E-state index contributed by atoms with van der Waals surface area (Å²) >= 11 is 1.67. The van der Waals surface area contributed by atoms with Crippen molar-refractivity contribution in [2.24, 2.45) is 5.92 Å². The number of nitrogens with zero attached hydrogens (tertiary/aromatic N) is 2. The monoisotopic (exact) mass is 493 g/mol. The van der Waals surface area contributed by atoms with E-state index < -0.39 is 0 Å². The number of para-hydroxylation sites is 1. The van der Waals surface area contributed by atoms with Gasteiger partial charge in [-0.15, -0.1) is 11.8 Å². The van der Waals surface area contributed by atoms with Gasteiger partial charge in [-0.2, -0.15) is 0 Å². The lowest BCUT2D eigenvalue weighted by Gasteiger charge is -2.44. The third-order valence-electron chi connectivity index (χ3n) is 7.03. The van der Waals surface area contributed by atoms with E-state index in [2.05, 4.69) is 29.3 Å².